The second-order valence-electron chi connectivity index (χ2n) is 3.55. The van der Waals surface area contributed by atoms with Crippen LogP contribution in [0, 0.1) is 0 Å². The second kappa shape index (κ2) is 2.61. The van der Waals surface area contributed by atoms with Crippen LogP contribution in [0.4, 0.5) is 0 Å². The minimum absolute atomic E-state index is 0.0361. The van der Waals surface area contributed by atoms with E-state index in [2.05, 4.69) is 10.3 Å². The summed E-state index contributed by atoms with van der Waals surface area (Å²) in [5.74, 6) is 0.0361. The number of amides is 1. The van der Waals surface area contributed by atoms with Crippen LogP contribution in [0.1, 0.15) is 15.9 Å². The van der Waals surface area contributed by atoms with Crippen molar-refractivity contribution in [3.63, 3.8) is 0 Å². The van der Waals surface area contributed by atoms with Crippen molar-refractivity contribution in [3.05, 3.63) is 35.5 Å². The molecule has 70 valence electrons. The molecule has 0 unspecified atom stereocenters. The molecule has 0 aliphatic carbocycles. The summed E-state index contributed by atoms with van der Waals surface area (Å²) in [6.45, 7) is 0.723. The summed E-state index contributed by atoms with van der Waals surface area (Å²) in [6.07, 6.45) is 2.90. The fourth-order valence-electron chi connectivity index (χ4n) is 2.05. The molecule has 0 saturated heterocycles. The van der Waals surface area contributed by atoms with Gasteiger partial charge < -0.3 is 10.3 Å². The van der Waals surface area contributed by atoms with Crippen LogP contribution in [0.5, 0.6) is 0 Å². The lowest BCUT2D eigenvalue weighted by Gasteiger charge is -2.00. The highest BCUT2D eigenvalue weighted by Gasteiger charge is 2.16. The minimum atomic E-state index is 0.0361. The zero-order chi connectivity index (χ0) is 9.54. The number of nitrogens with one attached hydrogen (secondary N) is 2. The average Bonchev–Trinajstić information content (AvgIpc) is 2.53. The molecule has 0 radical (unpaired) electrons. The lowest BCUT2D eigenvalue weighted by molar-refractivity contribution is 0.0957. The predicted molar refractivity (Wildman–Crippen MR) is 54.3 cm³/mol. The number of hydrogen-bond acceptors (Lipinski definition) is 1. The Bertz CT molecular complexity index is 513. The predicted octanol–water partition coefficient (Wildman–Crippen LogP) is 1.45. The largest absolute Gasteiger partial charge is 0.361 e. The molecule has 0 spiro atoms. The van der Waals surface area contributed by atoms with E-state index in [0.29, 0.717) is 0 Å². The van der Waals surface area contributed by atoms with Crippen molar-refractivity contribution in [2.75, 3.05) is 6.54 Å². The Morgan fingerprint density at radius 2 is 2.21 bits per heavy atom. The van der Waals surface area contributed by atoms with E-state index < -0.39 is 0 Å². The number of aromatic nitrogens is 1. The van der Waals surface area contributed by atoms with Crippen LogP contribution >= 0.6 is 0 Å². The van der Waals surface area contributed by atoms with Crippen LogP contribution in [-0.4, -0.2) is 17.4 Å². The topological polar surface area (TPSA) is 44.9 Å². The van der Waals surface area contributed by atoms with E-state index in [0.717, 1.165) is 29.4 Å². The Balaban J connectivity index is 2.44. The molecule has 14 heavy (non-hydrogen) atoms. The van der Waals surface area contributed by atoms with Gasteiger partial charge in [-0.15, -0.1) is 0 Å². The minimum Gasteiger partial charge on any atom is -0.361 e. The summed E-state index contributed by atoms with van der Waals surface area (Å²) in [5.41, 5.74) is 3.07. The highest BCUT2D eigenvalue weighted by atomic mass is 16.1. The van der Waals surface area contributed by atoms with Crippen LogP contribution in [-0.2, 0) is 6.42 Å². The van der Waals surface area contributed by atoms with Crippen molar-refractivity contribution in [3.8, 4) is 0 Å². The molecule has 3 rings (SSSR count). The summed E-state index contributed by atoms with van der Waals surface area (Å²) in [4.78, 5) is 14.9. The van der Waals surface area contributed by atoms with Gasteiger partial charge in [0.05, 0.1) is 0 Å². The summed E-state index contributed by atoms with van der Waals surface area (Å²) < 4.78 is 0. The van der Waals surface area contributed by atoms with Crippen LogP contribution < -0.4 is 5.32 Å². The number of carbonyl (C=O) groups is 1. The van der Waals surface area contributed by atoms with Gasteiger partial charge in [0.1, 0.15) is 0 Å². The third-order valence-electron chi connectivity index (χ3n) is 2.71. The van der Waals surface area contributed by atoms with Crippen LogP contribution in [0.25, 0.3) is 10.9 Å². The van der Waals surface area contributed by atoms with Gasteiger partial charge in [0.15, 0.2) is 0 Å². The summed E-state index contributed by atoms with van der Waals surface area (Å²) in [6, 6.07) is 5.78. The lowest BCUT2D eigenvalue weighted by Crippen LogP contribution is -2.23. The smallest absolute Gasteiger partial charge is 0.251 e. The van der Waals surface area contributed by atoms with E-state index in [1.807, 2.05) is 24.4 Å². The highest BCUT2D eigenvalue weighted by Crippen LogP contribution is 2.24. The normalized spacial score (nSPS) is 15.3. The maximum absolute atomic E-state index is 11.7. The lowest BCUT2D eigenvalue weighted by atomic mass is 10.1. The van der Waals surface area contributed by atoms with Crippen molar-refractivity contribution >= 4 is 16.8 Å². The molecule has 3 heteroatoms. The molecule has 2 heterocycles. The monoisotopic (exact) mass is 186 g/mol. The zero-order valence-electron chi connectivity index (χ0n) is 7.63. The SMILES string of the molecule is O=C1NCCc2c[nH]c3cccc1c23. The van der Waals surface area contributed by atoms with E-state index in [-0.39, 0.29) is 5.91 Å². The highest BCUT2D eigenvalue weighted by molar-refractivity contribution is 6.08. The second-order valence-corrected chi connectivity index (χ2v) is 3.55. The molecule has 0 fully saturated rings. The van der Waals surface area contributed by atoms with Gasteiger partial charge in [0.25, 0.3) is 5.91 Å². The maximum atomic E-state index is 11.7. The Kier molecular flexibility index (Phi) is 1.42. The zero-order valence-corrected chi connectivity index (χ0v) is 7.63. The summed E-state index contributed by atoms with van der Waals surface area (Å²) in [7, 11) is 0. The maximum Gasteiger partial charge on any atom is 0.251 e. The molecule has 3 nitrogen and oxygen atoms in total. The third-order valence-corrected chi connectivity index (χ3v) is 2.71. The van der Waals surface area contributed by atoms with E-state index in [1.165, 1.54) is 5.56 Å². The van der Waals surface area contributed by atoms with Crippen molar-refractivity contribution in [2.45, 2.75) is 6.42 Å². The van der Waals surface area contributed by atoms with Gasteiger partial charge in [-0.3, -0.25) is 4.79 Å². The number of H-pyrrole nitrogens is 1. The first-order chi connectivity index (χ1) is 6.86. The first-order valence-corrected chi connectivity index (χ1v) is 4.73. The molecule has 0 bridgehead atoms. The number of rotatable bonds is 0. The van der Waals surface area contributed by atoms with Crippen molar-refractivity contribution in [1.29, 1.82) is 0 Å². The fourth-order valence-corrected chi connectivity index (χ4v) is 2.05. The van der Waals surface area contributed by atoms with Gasteiger partial charge in [0.2, 0.25) is 0 Å². The van der Waals surface area contributed by atoms with Gasteiger partial charge in [-0.2, -0.15) is 0 Å². The van der Waals surface area contributed by atoms with Crippen LogP contribution in [0.15, 0.2) is 24.4 Å². The number of carbonyl (C=O) groups excluding carboxylic acids is 1. The molecule has 1 aromatic heterocycles. The van der Waals surface area contributed by atoms with E-state index in [9.17, 15) is 4.79 Å². The van der Waals surface area contributed by atoms with E-state index >= 15 is 0 Å². The number of aromatic amines is 1. The molecule has 0 atom stereocenters. The van der Waals surface area contributed by atoms with Crippen molar-refractivity contribution in [2.24, 2.45) is 0 Å². The van der Waals surface area contributed by atoms with Crippen LogP contribution in [0.2, 0.25) is 0 Å². The molecular formula is C11H10N2O. The first kappa shape index (κ1) is 7.62. The molecule has 1 aliphatic heterocycles. The quantitative estimate of drug-likeness (QED) is 0.642. The first-order valence-electron chi connectivity index (χ1n) is 4.73. The molecule has 1 aromatic carbocycles. The number of benzene rings is 1. The Labute approximate surface area is 81.1 Å². The van der Waals surface area contributed by atoms with Crippen LogP contribution in [0.3, 0.4) is 0 Å². The Morgan fingerprint density at radius 1 is 1.29 bits per heavy atom. The summed E-state index contributed by atoms with van der Waals surface area (Å²) in [5, 5.41) is 3.97. The molecule has 1 amide bonds. The molecule has 2 aromatic rings. The number of hydrogen-bond donors (Lipinski definition) is 2. The summed E-state index contributed by atoms with van der Waals surface area (Å²) >= 11 is 0. The molecule has 0 saturated carbocycles. The fraction of sp³-hybridized carbons (Fsp3) is 0.182. The Morgan fingerprint density at radius 3 is 3.14 bits per heavy atom. The van der Waals surface area contributed by atoms with Gasteiger partial charge in [-0.05, 0) is 24.1 Å². The molecular weight excluding hydrogens is 176 g/mol. The standard InChI is InChI=1S/C11H10N2O/c14-11-8-2-1-3-9-10(8)7(6-13-9)4-5-12-11/h1-3,6,13H,4-5H2,(H,12,14). The van der Waals surface area contributed by atoms with E-state index in [4.69, 9.17) is 0 Å². The van der Waals surface area contributed by atoms with Crippen molar-refractivity contribution in [1.82, 2.24) is 10.3 Å². The molecule has 2 N–H and O–H groups in total. The van der Waals surface area contributed by atoms with Gasteiger partial charge >= 0.3 is 0 Å². The molecule has 1 aliphatic rings. The van der Waals surface area contributed by atoms with Crippen molar-refractivity contribution < 1.29 is 4.79 Å². The van der Waals surface area contributed by atoms with Gasteiger partial charge in [-0.1, -0.05) is 6.07 Å². The third kappa shape index (κ3) is 0.894. The van der Waals surface area contributed by atoms with Gasteiger partial charge in [0, 0.05) is 29.2 Å². The average molecular weight is 186 g/mol. The van der Waals surface area contributed by atoms with Gasteiger partial charge in [-0.25, -0.2) is 0 Å². The van der Waals surface area contributed by atoms with E-state index in [1.54, 1.807) is 0 Å². The Hall–Kier alpha value is -1.77.